The molecule has 0 aliphatic rings. The fourth-order valence-electron chi connectivity index (χ4n) is 2.20. The van der Waals surface area contributed by atoms with E-state index in [1.54, 1.807) is 12.1 Å². The van der Waals surface area contributed by atoms with Gasteiger partial charge < -0.3 is 16.4 Å². The molecule has 2 atom stereocenters. The Morgan fingerprint density at radius 3 is 2.48 bits per heavy atom. The number of hydrogen-bond acceptors (Lipinski definition) is 3. The highest BCUT2D eigenvalue weighted by Gasteiger charge is 2.19. The van der Waals surface area contributed by atoms with Crippen molar-refractivity contribution in [3.8, 4) is 0 Å². The number of nitrogens with two attached hydrogens (primary N) is 1. The molecule has 4 N–H and O–H groups in total. The molecule has 1 heterocycles. The van der Waals surface area contributed by atoms with Gasteiger partial charge in [-0.25, -0.2) is 4.79 Å². The van der Waals surface area contributed by atoms with Crippen LogP contribution in [-0.2, 0) is 4.79 Å². The van der Waals surface area contributed by atoms with Crippen LogP contribution >= 0.6 is 22.9 Å². The second-order valence-corrected chi connectivity index (χ2v) is 6.54. The van der Waals surface area contributed by atoms with Crippen molar-refractivity contribution in [1.82, 2.24) is 10.6 Å². The van der Waals surface area contributed by atoms with E-state index >= 15 is 0 Å². The van der Waals surface area contributed by atoms with Crippen LogP contribution < -0.4 is 16.4 Å². The Balaban J connectivity index is 1.98. The van der Waals surface area contributed by atoms with Crippen LogP contribution in [0.4, 0.5) is 4.79 Å². The van der Waals surface area contributed by atoms with Crippen LogP contribution in [0.25, 0.3) is 0 Å². The van der Waals surface area contributed by atoms with Crippen LogP contribution in [0.15, 0.2) is 41.8 Å². The van der Waals surface area contributed by atoms with Gasteiger partial charge in [0.2, 0.25) is 5.91 Å². The van der Waals surface area contributed by atoms with E-state index < -0.39 is 12.1 Å². The van der Waals surface area contributed by atoms with Gasteiger partial charge in [0.25, 0.3) is 0 Å². The smallest absolute Gasteiger partial charge is 0.312 e. The summed E-state index contributed by atoms with van der Waals surface area (Å²) < 4.78 is 0. The third-order valence-corrected chi connectivity index (χ3v) is 4.58. The van der Waals surface area contributed by atoms with Gasteiger partial charge >= 0.3 is 6.03 Å². The summed E-state index contributed by atoms with van der Waals surface area (Å²) in [6.07, 6.45) is 0.126. The maximum absolute atomic E-state index is 12.3. The second kappa shape index (κ2) is 7.99. The third-order valence-electron chi connectivity index (χ3n) is 3.34. The van der Waals surface area contributed by atoms with E-state index in [-0.39, 0.29) is 18.4 Å². The topological polar surface area (TPSA) is 84.2 Å². The lowest BCUT2D eigenvalue weighted by Crippen LogP contribution is -2.36. The molecular formula is C16H18ClN3O2S. The van der Waals surface area contributed by atoms with Gasteiger partial charge in [-0.2, -0.15) is 0 Å². The van der Waals surface area contributed by atoms with Crippen molar-refractivity contribution >= 4 is 34.9 Å². The molecule has 0 fully saturated rings. The van der Waals surface area contributed by atoms with Gasteiger partial charge in [-0.15, -0.1) is 11.3 Å². The molecule has 1 aromatic carbocycles. The highest BCUT2D eigenvalue weighted by molar-refractivity contribution is 7.10. The van der Waals surface area contributed by atoms with Crippen molar-refractivity contribution in [3.63, 3.8) is 0 Å². The molecule has 0 spiro atoms. The van der Waals surface area contributed by atoms with Crippen molar-refractivity contribution in [2.75, 3.05) is 0 Å². The fourth-order valence-corrected chi connectivity index (χ4v) is 3.11. The quantitative estimate of drug-likeness (QED) is 0.745. The molecular weight excluding hydrogens is 334 g/mol. The second-order valence-electron chi connectivity index (χ2n) is 5.12. The number of nitrogens with one attached hydrogen (secondary N) is 2. The minimum absolute atomic E-state index is 0.126. The van der Waals surface area contributed by atoms with E-state index in [4.69, 9.17) is 17.3 Å². The van der Waals surface area contributed by atoms with Crippen LogP contribution in [0.1, 0.15) is 35.9 Å². The summed E-state index contributed by atoms with van der Waals surface area (Å²) in [5.41, 5.74) is 6.15. The normalized spacial score (nSPS) is 13.1. The summed E-state index contributed by atoms with van der Waals surface area (Å²) in [5.74, 6) is -0.167. The number of amides is 3. The molecule has 0 aliphatic heterocycles. The minimum Gasteiger partial charge on any atom is -0.352 e. The average molecular weight is 352 g/mol. The van der Waals surface area contributed by atoms with Gasteiger partial charge in [-0.1, -0.05) is 29.8 Å². The largest absolute Gasteiger partial charge is 0.352 e. The zero-order valence-corrected chi connectivity index (χ0v) is 14.2. The number of rotatable bonds is 6. The van der Waals surface area contributed by atoms with Crippen molar-refractivity contribution in [3.05, 3.63) is 57.2 Å². The van der Waals surface area contributed by atoms with Crippen molar-refractivity contribution in [2.45, 2.75) is 25.4 Å². The monoisotopic (exact) mass is 351 g/mol. The first-order valence-electron chi connectivity index (χ1n) is 7.10. The summed E-state index contributed by atoms with van der Waals surface area (Å²) >= 11 is 7.33. The van der Waals surface area contributed by atoms with Crippen LogP contribution in [-0.4, -0.2) is 11.9 Å². The maximum atomic E-state index is 12.3. The molecule has 5 nitrogen and oxygen atoms in total. The van der Waals surface area contributed by atoms with Gasteiger partial charge in [-0.3, -0.25) is 4.79 Å². The Hall–Kier alpha value is -2.05. The molecule has 23 heavy (non-hydrogen) atoms. The third kappa shape index (κ3) is 5.26. The molecule has 0 saturated carbocycles. The number of thiophene rings is 1. The molecule has 1 aromatic heterocycles. The van der Waals surface area contributed by atoms with Crippen LogP contribution in [0, 0.1) is 0 Å². The number of carbonyl (C=O) groups is 2. The van der Waals surface area contributed by atoms with Crippen molar-refractivity contribution in [1.29, 1.82) is 0 Å². The zero-order valence-electron chi connectivity index (χ0n) is 12.6. The number of hydrogen-bond donors (Lipinski definition) is 3. The number of urea groups is 1. The first kappa shape index (κ1) is 17.3. The molecule has 7 heteroatoms. The summed E-state index contributed by atoms with van der Waals surface area (Å²) in [4.78, 5) is 24.3. The molecule has 0 bridgehead atoms. The van der Waals surface area contributed by atoms with E-state index in [2.05, 4.69) is 10.6 Å². The number of carbonyl (C=O) groups excluding carboxylic acids is 2. The maximum Gasteiger partial charge on any atom is 0.312 e. The molecule has 0 unspecified atom stereocenters. The molecule has 0 aliphatic carbocycles. The van der Waals surface area contributed by atoms with E-state index in [1.807, 2.05) is 36.6 Å². The van der Waals surface area contributed by atoms with E-state index in [0.29, 0.717) is 5.02 Å². The summed E-state index contributed by atoms with van der Waals surface area (Å²) in [5, 5.41) is 8.05. The fraction of sp³-hybridized carbons (Fsp3) is 0.250. The highest BCUT2D eigenvalue weighted by Crippen LogP contribution is 2.23. The van der Waals surface area contributed by atoms with Gasteiger partial charge in [0.05, 0.1) is 18.5 Å². The molecule has 0 radical (unpaired) electrons. The number of primary amides is 1. The van der Waals surface area contributed by atoms with Crippen LogP contribution in [0.3, 0.4) is 0 Å². The Kier molecular flexibility index (Phi) is 6.01. The van der Waals surface area contributed by atoms with Gasteiger partial charge in [0.15, 0.2) is 0 Å². The zero-order chi connectivity index (χ0) is 16.8. The predicted octanol–water partition coefficient (Wildman–Crippen LogP) is 3.38. The molecule has 122 valence electrons. The first-order chi connectivity index (χ1) is 11.0. The van der Waals surface area contributed by atoms with E-state index in [1.165, 1.54) is 11.3 Å². The minimum atomic E-state index is -0.651. The Labute approximate surface area is 143 Å². The van der Waals surface area contributed by atoms with Crippen LogP contribution in [0.5, 0.6) is 0 Å². The molecule has 2 rings (SSSR count). The lowest BCUT2D eigenvalue weighted by molar-refractivity contribution is -0.122. The van der Waals surface area contributed by atoms with Gasteiger partial charge in [-0.05, 0) is 36.1 Å². The van der Waals surface area contributed by atoms with Gasteiger partial charge in [0.1, 0.15) is 0 Å². The molecule has 3 amide bonds. The van der Waals surface area contributed by atoms with Crippen molar-refractivity contribution in [2.24, 2.45) is 5.73 Å². The Morgan fingerprint density at radius 1 is 1.22 bits per heavy atom. The van der Waals surface area contributed by atoms with E-state index in [9.17, 15) is 9.59 Å². The summed E-state index contributed by atoms with van der Waals surface area (Å²) in [6, 6.07) is 9.79. The predicted molar refractivity (Wildman–Crippen MR) is 92.4 cm³/mol. The lowest BCUT2D eigenvalue weighted by Gasteiger charge is -2.19. The number of benzene rings is 1. The SMILES string of the molecule is C[C@@H](NC(=O)C[C@H](NC(N)=O)c1cccs1)c1ccc(Cl)cc1. The highest BCUT2D eigenvalue weighted by atomic mass is 35.5. The van der Waals surface area contributed by atoms with Crippen LogP contribution in [0.2, 0.25) is 5.02 Å². The Bertz CT molecular complexity index is 658. The molecule has 0 saturated heterocycles. The Morgan fingerprint density at radius 2 is 1.91 bits per heavy atom. The summed E-state index contributed by atoms with van der Waals surface area (Å²) in [6.45, 7) is 1.89. The first-order valence-corrected chi connectivity index (χ1v) is 8.35. The van der Waals surface area contributed by atoms with Crippen molar-refractivity contribution < 1.29 is 9.59 Å². The average Bonchev–Trinajstić information content (AvgIpc) is 3.00. The standard InChI is InChI=1S/C16H18ClN3O2S/c1-10(11-4-6-12(17)7-5-11)19-15(21)9-13(20-16(18)22)14-3-2-8-23-14/h2-8,10,13H,9H2,1H3,(H,19,21)(H3,18,20,22)/t10-,13+/m1/s1. The molecule has 2 aromatic rings. The lowest BCUT2D eigenvalue weighted by atomic mass is 10.1. The number of halogens is 1. The van der Waals surface area contributed by atoms with E-state index in [0.717, 1.165) is 10.4 Å². The van der Waals surface area contributed by atoms with Gasteiger partial charge in [0, 0.05) is 9.90 Å². The summed E-state index contributed by atoms with van der Waals surface area (Å²) in [7, 11) is 0.